The number of ether oxygens (including phenoxy) is 2. The van der Waals surface area contributed by atoms with E-state index >= 15 is 8.78 Å². The van der Waals surface area contributed by atoms with Crippen molar-refractivity contribution < 1.29 is 42.4 Å². The van der Waals surface area contributed by atoms with Gasteiger partial charge in [-0.2, -0.15) is 4.98 Å². The van der Waals surface area contributed by atoms with Crippen LogP contribution in [0.4, 0.5) is 20.5 Å². The van der Waals surface area contributed by atoms with Crippen LogP contribution >= 0.6 is 6.72 Å². The molecule has 2 aliphatic rings. The number of aromatic amines is 1. The van der Waals surface area contributed by atoms with Crippen molar-refractivity contribution in [3.63, 3.8) is 0 Å². The Hall–Kier alpha value is -3.27. The van der Waals surface area contributed by atoms with Crippen molar-refractivity contribution in [1.82, 2.24) is 39.0 Å². The molecule has 2 saturated heterocycles. The van der Waals surface area contributed by atoms with E-state index in [1.165, 1.54) is 10.9 Å². The number of imidazole rings is 2. The summed E-state index contributed by atoms with van der Waals surface area (Å²) in [5.41, 5.74) is 10.8. The molecule has 6 heterocycles. The molecule has 42 heavy (non-hydrogen) atoms. The summed E-state index contributed by atoms with van der Waals surface area (Å²) in [5, 5.41) is 20.1. The van der Waals surface area contributed by atoms with Gasteiger partial charge in [-0.05, 0) is 11.8 Å². The van der Waals surface area contributed by atoms with E-state index in [4.69, 9.17) is 41.8 Å². The number of aliphatic hydroxyl groups is 2. The minimum absolute atomic E-state index is 0.0595. The maximum absolute atomic E-state index is 15.3. The number of aliphatic hydroxyl groups excluding tert-OH is 2. The first-order valence-corrected chi connectivity index (χ1v) is 14.8. The number of nitrogen functional groups attached to an aromatic ring is 2. The fraction of sp³-hybridized carbons (Fsp3) is 0.500. The van der Waals surface area contributed by atoms with Crippen LogP contribution in [0, 0.1) is 0 Å². The van der Waals surface area contributed by atoms with E-state index < -0.39 is 74.7 Å². The fourth-order valence-corrected chi connectivity index (χ4v) is 6.19. The van der Waals surface area contributed by atoms with Gasteiger partial charge in [0.2, 0.25) is 5.95 Å². The number of nitrogens with zero attached hydrogens (tertiary/aromatic N) is 7. The van der Waals surface area contributed by atoms with E-state index in [1.807, 2.05) is 0 Å². The van der Waals surface area contributed by atoms with Gasteiger partial charge >= 0.3 is 6.72 Å². The van der Waals surface area contributed by atoms with Crippen molar-refractivity contribution in [2.45, 2.75) is 49.2 Å². The van der Waals surface area contributed by atoms with Crippen molar-refractivity contribution >= 4 is 52.6 Å². The van der Waals surface area contributed by atoms with Gasteiger partial charge in [0, 0.05) is 0 Å². The second-order valence-corrected chi connectivity index (χ2v) is 12.2. The lowest BCUT2D eigenvalue weighted by Gasteiger charge is -2.26. The number of aromatic nitrogens is 8. The SMILES string of the molecule is Nc1nc2c(ncn2[C@@H]2OC(CO)[C@@H](F)[C@H]2OP(O)(=S)OC[C@H]2O[C@@H](n3cnc4c(N)ncnc43)[C@@H](F)[C@@H]2O)c(=O)[nH]1. The molecule has 18 nitrogen and oxygen atoms in total. The van der Waals surface area contributed by atoms with Crippen molar-refractivity contribution in [1.29, 1.82) is 0 Å². The molecule has 0 bridgehead atoms. The lowest BCUT2D eigenvalue weighted by atomic mass is 10.1. The summed E-state index contributed by atoms with van der Waals surface area (Å²) in [6, 6.07) is 0. The number of nitrogens with two attached hydrogens (primary N) is 2. The first-order chi connectivity index (χ1) is 20.0. The Bertz CT molecular complexity index is 1740. The van der Waals surface area contributed by atoms with Gasteiger partial charge in [0.15, 0.2) is 47.4 Å². The number of hydrogen-bond acceptors (Lipinski definition) is 15. The maximum Gasteiger partial charge on any atom is 0.325 e. The van der Waals surface area contributed by atoms with Gasteiger partial charge in [-0.15, -0.1) is 0 Å². The molecule has 6 rings (SSSR count). The van der Waals surface area contributed by atoms with Gasteiger partial charge in [0.05, 0.1) is 25.9 Å². The summed E-state index contributed by atoms with van der Waals surface area (Å²) in [4.78, 5) is 45.1. The first-order valence-electron chi connectivity index (χ1n) is 12.2. The minimum atomic E-state index is -4.34. The quantitative estimate of drug-likeness (QED) is 0.122. The van der Waals surface area contributed by atoms with Crippen molar-refractivity contribution in [2.24, 2.45) is 0 Å². The summed E-state index contributed by atoms with van der Waals surface area (Å²) in [6.45, 7) is -5.77. The predicted octanol–water partition coefficient (Wildman–Crippen LogP) is -1.43. The number of alkyl halides is 2. The average molecular weight is 633 g/mol. The highest BCUT2D eigenvalue weighted by Gasteiger charge is 2.51. The maximum atomic E-state index is 15.3. The number of rotatable bonds is 8. The summed E-state index contributed by atoms with van der Waals surface area (Å²) in [5.74, 6) is -0.195. The van der Waals surface area contributed by atoms with Gasteiger partial charge in [-0.1, -0.05) is 0 Å². The topological polar surface area (TPSA) is 257 Å². The first kappa shape index (κ1) is 28.8. The summed E-state index contributed by atoms with van der Waals surface area (Å²) < 4.78 is 54.7. The Morgan fingerprint density at radius 3 is 2.48 bits per heavy atom. The molecule has 0 aliphatic carbocycles. The van der Waals surface area contributed by atoms with Crippen LogP contribution in [-0.4, -0.2) is 104 Å². The molecule has 22 heteroatoms. The fourth-order valence-electron chi connectivity index (χ4n) is 4.78. The lowest BCUT2D eigenvalue weighted by Crippen LogP contribution is -2.33. The monoisotopic (exact) mass is 632 g/mol. The van der Waals surface area contributed by atoms with E-state index in [1.54, 1.807) is 0 Å². The van der Waals surface area contributed by atoms with Gasteiger partial charge in [-0.3, -0.25) is 23.4 Å². The molecule has 226 valence electrons. The Morgan fingerprint density at radius 1 is 1.05 bits per heavy atom. The summed E-state index contributed by atoms with van der Waals surface area (Å²) >= 11 is 5.06. The van der Waals surface area contributed by atoms with Crippen LogP contribution in [0.15, 0.2) is 23.8 Å². The zero-order chi connectivity index (χ0) is 29.9. The third-order valence-electron chi connectivity index (χ3n) is 6.78. The van der Waals surface area contributed by atoms with Crippen LogP contribution in [0.1, 0.15) is 12.5 Å². The smallest absolute Gasteiger partial charge is 0.325 e. The van der Waals surface area contributed by atoms with Gasteiger partial charge < -0.3 is 40.6 Å². The summed E-state index contributed by atoms with van der Waals surface area (Å²) in [6.07, 6.45) is -9.52. The Balaban J connectivity index is 1.19. The van der Waals surface area contributed by atoms with Crippen LogP contribution in [0.5, 0.6) is 0 Å². The third kappa shape index (κ3) is 4.91. The van der Waals surface area contributed by atoms with E-state index in [-0.39, 0.29) is 34.1 Å². The van der Waals surface area contributed by atoms with Gasteiger partial charge in [-0.25, -0.2) is 28.7 Å². The molecule has 0 saturated carbocycles. The zero-order valence-electron chi connectivity index (χ0n) is 21.0. The molecule has 0 radical (unpaired) electrons. The van der Waals surface area contributed by atoms with E-state index in [9.17, 15) is 19.9 Å². The molecule has 0 amide bonds. The number of H-pyrrole nitrogens is 1. The van der Waals surface area contributed by atoms with Gasteiger partial charge in [0.25, 0.3) is 5.56 Å². The van der Waals surface area contributed by atoms with Crippen LogP contribution < -0.4 is 17.0 Å². The zero-order valence-corrected chi connectivity index (χ0v) is 22.8. The van der Waals surface area contributed by atoms with E-state index in [0.29, 0.717) is 0 Å². The van der Waals surface area contributed by atoms with E-state index in [0.717, 1.165) is 17.2 Å². The Kier molecular flexibility index (Phi) is 7.40. The second kappa shape index (κ2) is 10.8. The van der Waals surface area contributed by atoms with Crippen LogP contribution in [-0.2, 0) is 30.3 Å². The highest BCUT2D eigenvalue weighted by molar-refractivity contribution is 8.07. The molecule has 8 N–H and O–H groups in total. The molecule has 2 fully saturated rings. The third-order valence-corrected chi connectivity index (χ3v) is 8.34. The molecule has 2 unspecified atom stereocenters. The van der Waals surface area contributed by atoms with Crippen molar-refractivity contribution in [3.8, 4) is 0 Å². The van der Waals surface area contributed by atoms with E-state index in [2.05, 4.69) is 29.9 Å². The predicted molar refractivity (Wildman–Crippen MR) is 140 cm³/mol. The lowest BCUT2D eigenvalue weighted by molar-refractivity contribution is -0.0553. The van der Waals surface area contributed by atoms with Crippen molar-refractivity contribution in [2.75, 3.05) is 24.7 Å². The standard InChI is InChI=1S/C20H23F2N10O8PS/c21-8-6(1-33)38-19(32-5-28-11-16(32)29-20(24)30-17(11)35)13(8)40-41(36,42)37-2-7-12(34)9(22)18(39-7)31-4-27-10-14(23)25-3-26-15(10)31/h3-9,12-13,18-19,33-34H,1-2H2,(H,36,42)(H2,23,25,26)(H3,24,29,30,35)/t6?,7-,8-,9+,12-,13-,18-,19-,41?/m1/s1. The highest BCUT2D eigenvalue weighted by atomic mass is 32.5. The Morgan fingerprint density at radius 2 is 1.74 bits per heavy atom. The highest BCUT2D eigenvalue weighted by Crippen LogP contribution is 2.51. The molecular formula is C20H23F2N10O8PS. The van der Waals surface area contributed by atoms with Crippen LogP contribution in [0.25, 0.3) is 22.3 Å². The van der Waals surface area contributed by atoms with Crippen molar-refractivity contribution in [3.05, 3.63) is 29.3 Å². The number of halogens is 2. The molecule has 9 atom stereocenters. The number of hydrogen-bond donors (Lipinski definition) is 6. The normalized spacial score (nSPS) is 31.3. The average Bonchev–Trinajstić information content (AvgIpc) is 3.69. The number of anilines is 2. The van der Waals surface area contributed by atoms with Crippen LogP contribution in [0.2, 0.25) is 0 Å². The summed E-state index contributed by atoms with van der Waals surface area (Å²) in [7, 11) is 0. The number of fused-ring (bicyclic) bond motifs is 2. The number of nitrogens with one attached hydrogen (secondary N) is 1. The molecule has 4 aromatic rings. The molecular weight excluding hydrogens is 609 g/mol. The molecule has 4 aromatic heterocycles. The molecule has 2 aliphatic heterocycles. The van der Waals surface area contributed by atoms with Gasteiger partial charge in [0.1, 0.15) is 36.3 Å². The Labute approximate surface area is 237 Å². The molecule has 0 spiro atoms. The van der Waals surface area contributed by atoms with Crippen LogP contribution in [0.3, 0.4) is 0 Å². The second-order valence-electron chi connectivity index (χ2n) is 9.38. The minimum Gasteiger partial charge on any atom is -0.394 e. The largest absolute Gasteiger partial charge is 0.394 e. The molecule has 0 aromatic carbocycles.